The van der Waals surface area contributed by atoms with Crippen LogP contribution in [-0.4, -0.2) is 17.5 Å². The highest BCUT2D eigenvalue weighted by Crippen LogP contribution is 2.38. The summed E-state index contributed by atoms with van der Waals surface area (Å²) in [4.78, 5) is 13.2. The Morgan fingerprint density at radius 1 is 1.40 bits per heavy atom. The Morgan fingerprint density at radius 2 is 2.10 bits per heavy atom. The fourth-order valence-corrected chi connectivity index (χ4v) is 3.09. The summed E-state index contributed by atoms with van der Waals surface area (Å²) in [5.41, 5.74) is 3.53. The Kier molecular flexibility index (Phi) is 4.79. The molecule has 0 atom stereocenters. The molecular weight excluding hydrogens is 256 g/mol. The van der Waals surface area contributed by atoms with Gasteiger partial charge in [-0.15, -0.1) is 0 Å². The van der Waals surface area contributed by atoms with Gasteiger partial charge in [0.05, 0.1) is 4.92 Å². The van der Waals surface area contributed by atoms with Crippen molar-refractivity contribution in [3.05, 3.63) is 28.3 Å². The second-order valence-electron chi connectivity index (χ2n) is 5.15. The average molecular weight is 278 g/mol. The lowest BCUT2D eigenvalue weighted by molar-refractivity contribution is -0.383. The van der Waals surface area contributed by atoms with Crippen molar-refractivity contribution in [2.75, 3.05) is 16.9 Å². The maximum atomic E-state index is 11.4. The minimum Gasteiger partial charge on any atom is -0.363 e. The van der Waals surface area contributed by atoms with Crippen LogP contribution in [0.1, 0.15) is 39.0 Å². The molecule has 1 aromatic rings. The minimum absolute atomic E-state index is 0.0717. The molecule has 1 saturated carbocycles. The zero-order valence-corrected chi connectivity index (χ0v) is 11.8. The highest BCUT2D eigenvalue weighted by atomic mass is 16.6. The third-order valence-electron chi connectivity index (χ3n) is 4.02. The lowest BCUT2D eigenvalue weighted by atomic mass is 9.93. The Balaban J connectivity index is 2.40. The SMILES string of the molecule is CCN(c1cccc(NN)c1[N+](=O)[O-])C1CCCCC1. The van der Waals surface area contributed by atoms with Crippen molar-refractivity contribution in [2.24, 2.45) is 5.84 Å². The summed E-state index contributed by atoms with van der Waals surface area (Å²) in [6.45, 7) is 2.81. The van der Waals surface area contributed by atoms with Gasteiger partial charge >= 0.3 is 5.69 Å². The summed E-state index contributed by atoms with van der Waals surface area (Å²) in [6.07, 6.45) is 5.87. The third-order valence-corrected chi connectivity index (χ3v) is 4.02. The van der Waals surface area contributed by atoms with Gasteiger partial charge in [0.15, 0.2) is 0 Å². The number of hydrogen-bond acceptors (Lipinski definition) is 5. The molecule has 0 aliphatic heterocycles. The molecular formula is C14H22N4O2. The molecule has 0 saturated heterocycles. The number of benzene rings is 1. The van der Waals surface area contributed by atoms with Crippen molar-refractivity contribution in [1.82, 2.24) is 0 Å². The number of nitrogens with zero attached hydrogens (tertiary/aromatic N) is 2. The predicted octanol–water partition coefficient (Wildman–Crippen LogP) is 3.04. The molecule has 1 aliphatic rings. The number of rotatable bonds is 5. The van der Waals surface area contributed by atoms with Crippen LogP contribution in [0.5, 0.6) is 0 Å². The summed E-state index contributed by atoms with van der Waals surface area (Å²) in [5.74, 6) is 5.40. The van der Waals surface area contributed by atoms with Crippen LogP contribution in [-0.2, 0) is 0 Å². The number of hydrazine groups is 1. The second-order valence-corrected chi connectivity index (χ2v) is 5.15. The summed E-state index contributed by atoms with van der Waals surface area (Å²) in [6, 6.07) is 5.65. The van der Waals surface area contributed by atoms with E-state index in [0.29, 0.717) is 17.4 Å². The van der Waals surface area contributed by atoms with E-state index >= 15 is 0 Å². The molecule has 3 N–H and O–H groups in total. The van der Waals surface area contributed by atoms with Crippen molar-refractivity contribution >= 4 is 17.1 Å². The summed E-state index contributed by atoms with van der Waals surface area (Å²) in [7, 11) is 0. The molecule has 0 spiro atoms. The van der Waals surface area contributed by atoms with Gasteiger partial charge in [-0.1, -0.05) is 25.3 Å². The van der Waals surface area contributed by atoms with Gasteiger partial charge in [0, 0.05) is 12.6 Å². The molecule has 0 radical (unpaired) electrons. The maximum absolute atomic E-state index is 11.4. The summed E-state index contributed by atoms with van der Waals surface area (Å²) >= 11 is 0. The predicted molar refractivity (Wildman–Crippen MR) is 80.8 cm³/mol. The molecule has 1 aliphatic carbocycles. The van der Waals surface area contributed by atoms with E-state index < -0.39 is 0 Å². The molecule has 2 rings (SSSR count). The Morgan fingerprint density at radius 3 is 2.65 bits per heavy atom. The number of hydrogen-bond donors (Lipinski definition) is 2. The number of nitro benzene ring substituents is 1. The molecule has 0 heterocycles. The third kappa shape index (κ3) is 2.85. The van der Waals surface area contributed by atoms with E-state index in [9.17, 15) is 10.1 Å². The van der Waals surface area contributed by atoms with Crippen LogP contribution in [0.15, 0.2) is 18.2 Å². The van der Waals surface area contributed by atoms with E-state index in [-0.39, 0.29) is 10.6 Å². The molecule has 0 aromatic heterocycles. The number of nitrogens with two attached hydrogens (primary N) is 1. The first-order valence-corrected chi connectivity index (χ1v) is 7.19. The average Bonchev–Trinajstić information content (AvgIpc) is 2.48. The van der Waals surface area contributed by atoms with E-state index in [1.54, 1.807) is 6.07 Å². The lowest BCUT2D eigenvalue weighted by Gasteiger charge is -2.35. The van der Waals surface area contributed by atoms with Crippen molar-refractivity contribution in [2.45, 2.75) is 45.1 Å². The van der Waals surface area contributed by atoms with Crippen LogP contribution in [0, 0.1) is 10.1 Å². The van der Waals surface area contributed by atoms with E-state index in [4.69, 9.17) is 5.84 Å². The monoisotopic (exact) mass is 278 g/mol. The topological polar surface area (TPSA) is 84.4 Å². The number of nitrogen functional groups attached to an aromatic ring is 1. The van der Waals surface area contributed by atoms with Gasteiger partial charge in [0.2, 0.25) is 0 Å². The zero-order chi connectivity index (χ0) is 14.5. The van der Waals surface area contributed by atoms with Gasteiger partial charge in [0.25, 0.3) is 0 Å². The fraction of sp³-hybridized carbons (Fsp3) is 0.571. The van der Waals surface area contributed by atoms with Crippen molar-refractivity contribution in [3.8, 4) is 0 Å². The molecule has 1 fully saturated rings. The van der Waals surface area contributed by atoms with Crippen molar-refractivity contribution < 1.29 is 4.92 Å². The van der Waals surface area contributed by atoms with E-state index in [1.807, 2.05) is 19.1 Å². The summed E-state index contributed by atoms with van der Waals surface area (Å²) in [5, 5.41) is 11.4. The number of nitro groups is 1. The Hall–Kier alpha value is -1.82. The molecule has 0 amide bonds. The van der Waals surface area contributed by atoms with E-state index in [1.165, 1.54) is 19.3 Å². The van der Waals surface area contributed by atoms with Gasteiger partial charge in [-0.05, 0) is 31.9 Å². The molecule has 6 heteroatoms. The lowest BCUT2D eigenvalue weighted by Crippen LogP contribution is -2.37. The zero-order valence-electron chi connectivity index (χ0n) is 11.8. The van der Waals surface area contributed by atoms with Crippen LogP contribution in [0.4, 0.5) is 17.1 Å². The van der Waals surface area contributed by atoms with Gasteiger partial charge in [-0.2, -0.15) is 0 Å². The van der Waals surface area contributed by atoms with Crippen LogP contribution in [0.3, 0.4) is 0 Å². The molecule has 1 aromatic carbocycles. The molecule has 0 bridgehead atoms. The summed E-state index contributed by atoms with van der Waals surface area (Å²) < 4.78 is 0. The molecule has 20 heavy (non-hydrogen) atoms. The highest BCUT2D eigenvalue weighted by Gasteiger charge is 2.28. The quantitative estimate of drug-likeness (QED) is 0.491. The number of nitrogens with one attached hydrogen (secondary N) is 1. The molecule has 0 unspecified atom stereocenters. The second kappa shape index (κ2) is 6.56. The standard InChI is InChI=1S/C14H22N4O2/c1-2-17(11-7-4-3-5-8-11)13-10-6-9-12(16-15)14(13)18(19)20/h6,9-11,16H,2-5,7-8,15H2,1H3. The van der Waals surface area contributed by atoms with Gasteiger partial charge in [-0.25, -0.2) is 0 Å². The van der Waals surface area contributed by atoms with Crippen LogP contribution in [0.25, 0.3) is 0 Å². The number of para-hydroxylation sites is 1. The Bertz CT molecular complexity index is 472. The molecule has 6 nitrogen and oxygen atoms in total. The fourth-order valence-electron chi connectivity index (χ4n) is 3.09. The van der Waals surface area contributed by atoms with Gasteiger partial charge in [0.1, 0.15) is 11.4 Å². The first-order chi connectivity index (χ1) is 9.69. The van der Waals surface area contributed by atoms with Crippen LogP contribution in [0.2, 0.25) is 0 Å². The van der Waals surface area contributed by atoms with Gasteiger partial charge in [-0.3, -0.25) is 16.0 Å². The number of anilines is 2. The Labute approximate surface area is 119 Å². The van der Waals surface area contributed by atoms with Crippen LogP contribution >= 0.6 is 0 Å². The largest absolute Gasteiger partial charge is 0.363 e. The van der Waals surface area contributed by atoms with Crippen molar-refractivity contribution in [1.29, 1.82) is 0 Å². The normalized spacial score (nSPS) is 15.9. The van der Waals surface area contributed by atoms with E-state index in [0.717, 1.165) is 19.4 Å². The minimum atomic E-state index is -0.351. The highest BCUT2D eigenvalue weighted by molar-refractivity contribution is 5.77. The molecule has 110 valence electrons. The maximum Gasteiger partial charge on any atom is 0.316 e. The van der Waals surface area contributed by atoms with Gasteiger partial charge < -0.3 is 10.3 Å². The van der Waals surface area contributed by atoms with Crippen LogP contribution < -0.4 is 16.2 Å². The van der Waals surface area contributed by atoms with E-state index in [2.05, 4.69) is 10.3 Å². The van der Waals surface area contributed by atoms with Crippen molar-refractivity contribution in [3.63, 3.8) is 0 Å². The first kappa shape index (κ1) is 14.6. The smallest absolute Gasteiger partial charge is 0.316 e. The first-order valence-electron chi connectivity index (χ1n) is 7.19.